The lowest BCUT2D eigenvalue weighted by atomic mass is 9.81. The zero-order valence-electron chi connectivity index (χ0n) is 18.2. The highest BCUT2D eigenvalue weighted by Gasteiger charge is 2.33. The minimum Gasteiger partial charge on any atom is -0.308 e. The van der Waals surface area contributed by atoms with Gasteiger partial charge in [-0.25, -0.2) is 13.6 Å². The van der Waals surface area contributed by atoms with E-state index in [0.717, 1.165) is 36.9 Å². The van der Waals surface area contributed by atoms with Crippen LogP contribution in [0.15, 0.2) is 53.4 Å². The van der Waals surface area contributed by atoms with Gasteiger partial charge in [0.2, 0.25) is 15.9 Å². The van der Waals surface area contributed by atoms with Gasteiger partial charge in [0, 0.05) is 17.8 Å². The fraction of sp³-hybridized carbons (Fsp3) is 0.458. The number of hydrogen-bond donors (Lipinski definition) is 1. The van der Waals surface area contributed by atoms with Crippen LogP contribution in [0.1, 0.15) is 49.7 Å². The van der Waals surface area contributed by atoms with Crippen molar-refractivity contribution in [2.24, 2.45) is 5.14 Å². The molecular formula is C24H31N3O3S. The van der Waals surface area contributed by atoms with Crippen molar-refractivity contribution in [3.05, 3.63) is 59.7 Å². The molecule has 6 nitrogen and oxygen atoms in total. The van der Waals surface area contributed by atoms with Crippen LogP contribution in [0.3, 0.4) is 0 Å². The lowest BCUT2D eigenvalue weighted by Crippen LogP contribution is -2.45. The summed E-state index contributed by atoms with van der Waals surface area (Å²) in [6, 6.07) is 15.9. The van der Waals surface area contributed by atoms with Crippen LogP contribution in [-0.4, -0.2) is 44.9 Å². The van der Waals surface area contributed by atoms with Gasteiger partial charge in [-0.1, -0.05) is 30.3 Å². The summed E-state index contributed by atoms with van der Waals surface area (Å²) in [6.45, 7) is 2.36. The summed E-state index contributed by atoms with van der Waals surface area (Å²) in [4.78, 5) is 17.3. The van der Waals surface area contributed by atoms with Gasteiger partial charge in [0.25, 0.3) is 0 Å². The second-order valence-corrected chi connectivity index (χ2v) is 10.5. The Bertz CT molecular complexity index is 1050. The van der Waals surface area contributed by atoms with Crippen LogP contribution in [0.4, 0.5) is 5.69 Å². The first-order chi connectivity index (χ1) is 14.7. The van der Waals surface area contributed by atoms with Crippen molar-refractivity contribution < 1.29 is 13.2 Å². The van der Waals surface area contributed by atoms with Gasteiger partial charge in [0.15, 0.2) is 0 Å². The van der Waals surface area contributed by atoms with Crippen LogP contribution in [0, 0.1) is 0 Å². The molecule has 7 heteroatoms. The maximum absolute atomic E-state index is 13.2. The molecule has 1 atom stereocenters. The van der Waals surface area contributed by atoms with E-state index in [-0.39, 0.29) is 16.8 Å². The molecule has 2 aromatic carbocycles. The van der Waals surface area contributed by atoms with Crippen LogP contribution in [0.5, 0.6) is 0 Å². The van der Waals surface area contributed by atoms with Gasteiger partial charge < -0.3 is 4.90 Å². The van der Waals surface area contributed by atoms with E-state index in [9.17, 15) is 13.2 Å². The lowest BCUT2D eigenvalue weighted by molar-refractivity contribution is -0.120. The van der Waals surface area contributed by atoms with E-state index in [0.29, 0.717) is 24.9 Å². The van der Waals surface area contributed by atoms with Crippen molar-refractivity contribution in [3.8, 4) is 0 Å². The quantitative estimate of drug-likeness (QED) is 0.772. The van der Waals surface area contributed by atoms with Gasteiger partial charge in [-0.2, -0.15) is 0 Å². The number of likely N-dealkylation sites (N-methyl/N-ethyl adjacent to an activating group) is 1. The molecule has 0 aromatic heterocycles. The van der Waals surface area contributed by atoms with Crippen LogP contribution in [0.25, 0.3) is 0 Å². The summed E-state index contributed by atoms with van der Waals surface area (Å²) < 4.78 is 23.3. The number of anilines is 1. The van der Waals surface area contributed by atoms with E-state index >= 15 is 0 Å². The van der Waals surface area contributed by atoms with E-state index in [1.165, 1.54) is 11.6 Å². The monoisotopic (exact) mass is 441 g/mol. The molecule has 2 aliphatic rings. The summed E-state index contributed by atoms with van der Waals surface area (Å²) >= 11 is 0. The number of benzene rings is 2. The molecular weight excluding hydrogens is 410 g/mol. The highest BCUT2D eigenvalue weighted by molar-refractivity contribution is 7.89. The zero-order chi connectivity index (χ0) is 22.2. The molecule has 2 aromatic rings. The van der Waals surface area contributed by atoms with Gasteiger partial charge in [-0.3, -0.25) is 9.69 Å². The maximum Gasteiger partial charge on any atom is 0.241 e. The Hall–Kier alpha value is -2.22. The molecule has 1 aliphatic heterocycles. The van der Waals surface area contributed by atoms with Crippen molar-refractivity contribution in [3.63, 3.8) is 0 Å². The van der Waals surface area contributed by atoms with E-state index in [1.807, 2.05) is 18.9 Å². The van der Waals surface area contributed by atoms with Crippen LogP contribution in [0.2, 0.25) is 0 Å². The Balaban J connectivity index is 1.39. The van der Waals surface area contributed by atoms with E-state index in [2.05, 4.69) is 35.2 Å². The molecule has 4 rings (SSSR count). The highest BCUT2D eigenvalue weighted by Crippen LogP contribution is 2.36. The molecule has 31 heavy (non-hydrogen) atoms. The lowest BCUT2D eigenvalue weighted by Gasteiger charge is -2.35. The first kappa shape index (κ1) is 22.0. The van der Waals surface area contributed by atoms with Crippen LogP contribution in [-0.2, 0) is 21.2 Å². The number of nitrogens with zero attached hydrogens (tertiary/aromatic N) is 2. The van der Waals surface area contributed by atoms with E-state index in [4.69, 9.17) is 5.14 Å². The Morgan fingerprint density at radius 3 is 2.42 bits per heavy atom. The predicted octanol–water partition coefficient (Wildman–Crippen LogP) is 3.27. The third kappa shape index (κ3) is 4.68. The summed E-state index contributed by atoms with van der Waals surface area (Å²) in [7, 11) is -1.71. The smallest absolute Gasteiger partial charge is 0.241 e. The van der Waals surface area contributed by atoms with Gasteiger partial charge in [-0.15, -0.1) is 0 Å². The Labute approximate surface area is 185 Å². The topological polar surface area (TPSA) is 83.7 Å². The highest BCUT2D eigenvalue weighted by atomic mass is 32.2. The minimum atomic E-state index is -3.75. The first-order valence-corrected chi connectivity index (χ1v) is 12.5. The second kappa shape index (κ2) is 8.73. The number of carbonyl (C=O) groups is 1. The molecule has 0 bridgehead atoms. The van der Waals surface area contributed by atoms with Crippen LogP contribution < -0.4 is 10.0 Å². The van der Waals surface area contributed by atoms with Gasteiger partial charge in [0.05, 0.1) is 11.4 Å². The molecule has 0 saturated heterocycles. The van der Waals surface area contributed by atoms with E-state index < -0.39 is 10.0 Å². The number of rotatable bonds is 5. The summed E-state index contributed by atoms with van der Waals surface area (Å²) in [5.74, 6) is 0.669. The molecule has 1 unspecified atom stereocenters. The van der Waals surface area contributed by atoms with Gasteiger partial charge in [-0.05, 0) is 81.3 Å². The number of fused-ring (bicyclic) bond motifs is 1. The second-order valence-electron chi connectivity index (χ2n) is 8.98. The SMILES string of the molecule is CC1Cc2cc(S(N)(=O)=O)ccc2N1C(=O)CN(C)C1CCC(c2ccccc2)CC1. The van der Waals surface area contributed by atoms with Crippen molar-refractivity contribution in [2.45, 2.75) is 61.9 Å². The van der Waals surface area contributed by atoms with Crippen molar-refractivity contribution >= 4 is 21.6 Å². The van der Waals surface area contributed by atoms with Crippen molar-refractivity contribution in [1.82, 2.24) is 4.90 Å². The van der Waals surface area contributed by atoms with Crippen molar-refractivity contribution in [1.29, 1.82) is 0 Å². The molecule has 1 heterocycles. The fourth-order valence-corrected chi connectivity index (χ4v) is 5.72. The number of primary sulfonamides is 1. The normalized spacial score (nSPS) is 23.7. The van der Waals surface area contributed by atoms with Gasteiger partial charge in [0.1, 0.15) is 0 Å². The number of amides is 1. The third-order valence-electron chi connectivity index (χ3n) is 6.84. The summed E-state index contributed by atoms with van der Waals surface area (Å²) in [6.07, 6.45) is 5.11. The maximum atomic E-state index is 13.2. The Morgan fingerprint density at radius 1 is 1.10 bits per heavy atom. The molecule has 0 spiro atoms. The standard InChI is InChI=1S/C24H31N3O3S/c1-17-14-20-15-22(31(25,29)30)12-13-23(20)27(17)24(28)16-26(2)21-10-8-19(9-11-21)18-6-4-3-5-7-18/h3-7,12-13,15,17,19,21H,8-11,14,16H2,1-2H3,(H2,25,29,30). The first-order valence-electron chi connectivity index (χ1n) is 11.0. The molecule has 1 saturated carbocycles. The Kier molecular flexibility index (Phi) is 6.19. The zero-order valence-corrected chi connectivity index (χ0v) is 19.0. The number of carbonyl (C=O) groups excluding carboxylic acids is 1. The fourth-order valence-electron chi connectivity index (χ4n) is 5.16. The van der Waals surface area contributed by atoms with E-state index in [1.54, 1.807) is 12.1 Å². The number of sulfonamides is 1. The molecule has 166 valence electrons. The molecule has 1 amide bonds. The average molecular weight is 442 g/mol. The molecule has 0 radical (unpaired) electrons. The summed E-state index contributed by atoms with van der Waals surface area (Å²) in [5.41, 5.74) is 3.07. The van der Waals surface area contributed by atoms with Gasteiger partial charge >= 0.3 is 0 Å². The number of nitrogens with two attached hydrogens (primary N) is 1. The van der Waals surface area contributed by atoms with Crippen LogP contribution >= 0.6 is 0 Å². The predicted molar refractivity (Wildman–Crippen MR) is 123 cm³/mol. The largest absolute Gasteiger partial charge is 0.308 e. The molecule has 1 aliphatic carbocycles. The number of hydrogen-bond acceptors (Lipinski definition) is 4. The molecule has 1 fully saturated rings. The average Bonchev–Trinajstić information content (AvgIpc) is 3.08. The van der Waals surface area contributed by atoms with Crippen molar-refractivity contribution in [2.75, 3.05) is 18.5 Å². The Morgan fingerprint density at radius 2 is 1.77 bits per heavy atom. The molecule has 2 N–H and O–H groups in total. The third-order valence-corrected chi connectivity index (χ3v) is 7.75. The minimum absolute atomic E-state index is 0.000412. The summed E-state index contributed by atoms with van der Waals surface area (Å²) in [5, 5.41) is 5.26.